The molecule has 3 nitrogen and oxygen atoms in total. The van der Waals surface area contributed by atoms with Crippen LogP contribution >= 0.6 is 11.6 Å². The highest BCUT2D eigenvalue weighted by atomic mass is 35.5. The Morgan fingerprint density at radius 1 is 1.47 bits per heavy atom. The zero-order valence-electron chi connectivity index (χ0n) is 9.75. The molecule has 0 bridgehead atoms. The molecule has 4 heteroatoms. The second kappa shape index (κ2) is 4.08. The second-order valence-corrected chi connectivity index (χ2v) is 5.31. The third-order valence-electron chi connectivity index (χ3n) is 2.94. The molecular weight excluding hydrogens is 238 g/mol. The van der Waals surface area contributed by atoms with E-state index in [1.807, 2.05) is 24.4 Å². The number of hydrogen-bond acceptors (Lipinski definition) is 1. The summed E-state index contributed by atoms with van der Waals surface area (Å²) in [6.07, 6.45) is 2.34. The lowest BCUT2D eigenvalue weighted by Gasteiger charge is -2.18. The molecule has 2 N–H and O–H groups in total. The van der Waals surface area contributed by atoms with Gasteiger partial charge in [-0.2, -0.15) is 0 Å². The first kappa shape index (κ1) is 12.0. The standard InChI is InChI=1S/C13H14ClNO2/c1-13(2,12(16)17)6-8-7-15-11-5-9(14)3-4-10(8)11/h3-5,7,15H,6H2,1-2H3,(H,16,17). The molecular formula is C13H14ClNO2. The number of carboxylic acids is 1. The highest BCUT2D eigenvalue weighted by Gasteiger charge is 2.28. The lowest BCUT2D eigenvalue weighted by Crippen LogP contribution is -2.26. The van der Waals surface area contributed by atoms with Crippen molar-refractivity contribution in [3.05, 3.63) is 35.0 Å². The van der Waals surface area contributed by atoms with Gasteiger partial charge in [-0.3, -0.25) is 4.79 Å². The van der Waals surface area contributed by atoms with E-state index in [1.54, 1.807) is 13.8 Å². The van der Waals surface area contributed by atoms with Crippen LogP contribution < -0.4 is 0 Å². The van der Waals surface area contributed by atoms with Crippen LogP contribution in [0, 0.1) is 5.41 Å². The van der Waals surface area contributed by atoms with Gasteiger partial charge in [-0.15, -0.1) is 0 Å². The number of H-pyrrole nitrogens is 1. The molecule has 2 aromatic rings. The Morgan fingerprint density at radius 3 is 2.82 bits per heavy atom. The molecule has 0 fully saturated rings. The molecule has 1 heterocycles. The van der Waals surface area contributed by atoms with Crippen LogP contribution in [0.25, 0.3) is 10.9 Å². The average Bonchev–Trinajstić information content (AvgIpc) is 2.60. The molecule has 90 valence electrons. The van der Waals surface area contributed by atoms with E-state index >= 15 is 0 Å². The van der Waals surface area contributed by atoms with Crippen molar-refractivity contribution < 1.29 is 9.90 Å². The number of fused-ring (bicyclic) bond motifs is 1. The molecule has 0 unspecified atom stereocenters. The molecule has 0 aliphatic carbocycles. The highest BCUT2D eigenvalue weighted by molar-refractivity contribution is 6.31. The molecule has 0 spiro atoms. The van der Waals surface area contributed by atoms with Crippen LogP contribution in [-0.2, 0) is 11.2 Å². The zero-order valence-corrected chi connectivity index (χ0v) is 10.5. The summed E-state index contributed by atoms with van der Waals surface area (Å²) in [6.45, 7) is 3.45. The first-order valence-electron chi connectivity index (χ1n) is 5.39. The summed E-state index contributed by atoms with van der Waals surface area (Å²) in [5.41, 5.74) is 1.17. The molecule has 17 heavy (non-hydrogen) atoms. The lowest BCUT2D eigenvalue weighted by molar-refractivity contribution is -0.146. The number of aromatic amines is 1. The zero-order chi connectivity index (χ0) is 12.6. The van der Waals surface area contributed by atoms with Gasteiger partial charge >= 0.3 is 5.97 Å². The third-order valence-corrected chi connectivity index (χ3v) is 3.18. The minimum absolute atomic E-state index is 0.490. The van der Waals surface area contributed by atoms with Crippen LogP contribution in [0.2, 0.25) is 5.02 Å². The molecule has 1 aromatic heterocycles. The summed E-state index contributed by atoms with van der Waals surface area (Å²) >= 11 is 5.90. The van der Waals surface area contributed by atoms with Gasteiger partial charge in [0, 0.05) is 22.1 Å². The molecule has 0 saturated heterocycles. The molecule has 0 amide bonds. The summed E-state index contributed by atoms with van der Waals surface area (Å²) in [5, 5.41) is 10.8. The van der Waals surface area contributed by atoms with E-state index in [1.165, 1.54) is 0 Å². The Kier molecular flexibility index (Phi) is 2.87. The number of hydrogen-bond donors (Lipinski definition) is 2. The van der Waals surface area contributed by atoms with Gasteiger partial charge in [-0.05, 0) is 38.0 Å². The SMILES string of the molecule is CC(C)(Cc1c[nH]c2cc(Cl)ccc12)C(=O)O. The number of rotatable bonds is 3. The van der Waals surface area contributed by atoms with Crippen molar-refractivity contribution in [1.82, 2.24) is 4.98 Å². The van der Waals surface area contributed by atoms with Gasteiger partial charge in [-0.25, -0.2) is 0 Å². The average molecular weight is 252 g/mol. The van der Waals surface area contributed by atoms with E-state index < -0.39 is 11.4 Å². The summed E-state index contributed by atoms with van der Waals surface area (Å²) in [4.78, 5) is 14.2. The summed E-state index contributed by atoms with van der Waals surface area (Å²) < 4.78 is 0. The second-order valence-electron chi connectivity index (χ2n) is 4.87. The van der Waals surface area contributed by atoms with Crippen molar-refractivity contribution in [3.8, 4) is 0 Å². The van der Waals surface area contributed by atoms with Gasteiger partial charge in [-0.1, -0.05) is 17.7 Å². The third kappa shape index (κ3) is 2.29. The van der Waals surface area contributed by atoms with Crippen LogP contribution in [0.15, 0.2) is 24.4 Å². The Morgan fingerprint density at radius 2 is 2.18 bits per heavy atom. The maximum atomic E-state index is 11.1. The molecule has 0 aliphatic heterocycles. The molecule has 2 rings (SSSR count). The smallest absolute Gasteiger partial charge is 0.309 e. The van der Waals surface area contributed by atoms with Crippen LogP contribution in [0.4, 0.5) is 0 Å². The van der Waals surface area contributed by atoms with Gasteiger partial charge in [0.25, 0.3) is 0 Å². The Bertz CT molecular complexity index is 572. The van der Waals surface area contributed by atoms with Gasteiger partial charge in [0.1, 0.15) is 0 Å². The minimum atomic E-state index is -0.791. The largest absolute Gasteiger partial charge is 0.481 e. The van der Waals surface area contributed by atoms with Crippen molar-refractivity contribution in [2.45, 2.75) is 20.3 Å². The first-order valence-corrected chi connectivity index (χ1v) is 5.77. The minimum Gasteiger partial charge on any atom is -0.481 e. The van der Waals surface area contributed by atoms with Gasteiger partial charge < -0.3 is 10.1 Å². The lowest BCUT2D eigenvalue weighted by atomic mass is 9.86. The number of aliphatic carboxylic acids is 1. The van der Waals surface area contributed by atoms with Gasteiger partial charge in [0.15, 0.2) is 0 Å². The Hall–Kier alpha value is -1.48. The van der Waals surface area contributed by atoms with Crippen molar-refractivity contribution in [1.29, 1.82) is 0 Å². The summed E-state index contributed by atoms with van der Waals surface area (Å²) in [7, 11) is 0. The number of aromatic nitrogens is 1. The van der Waals surface area contributed by atoms with Crippen LogP contribution in [-0.4, -0.2) is 16.1 Å². The fourth-order valence-electron chi connectivity index (χ4n) is 1.86. The fraction of sp³-hybridized carbons (Fsp3) is 0.308. The number of benzene rings is 1. The first-order chi connectivity index (χ1) is 7.90. The maximum Gasteiger partial charge on any atom is 0.309 e. The van der Waals surface area contributed by atoms with E-state index in [0.29, 0.717) is 11.4 Å². The van der Waals surface area contributed by atoms with Crippen LogP contribution in [0.1, 0.15) is 19.4 Å². The van der Waals surface area contributed by atoms with Gasteiger partial charge in [0.2, 0.25) is 0 Å². The predicted octanol–water partition coefficient (Wildman–Crippen LogP) is 3.47. The van der Waals surface area contributed by atoms with E-state index in [-0.39, 0.29) is 0 Å². The van der Waals surface area contributed by atoms with Gasteiger partial charge in [0.05, 0.1) is 5.41 Å². The van der Waals surface area contributed by atoms with Crippen LogP contribution in [0.3, 0.4) is 0 Å². The van der Waals surface area contributed by atoms with Crippen LogP contribution in [0.5, 0.6) is 0 Å². The molecule has 0 atom stereocenters. The van der Waals surface area contributed by atoms with E-state index in [9.17, 15) is 4.79 Å². The summed E-state index contributed by atoms with van der Waals surface area (Å²) in [5.74, 6) is -0.791. The normalized spacial score (nSPS) is 11.9. The van der Waals surface area contributed by atoms with E-state index in [0.717, 1.165) is 16.5 Å². The highest BCUT2D eigenvalue weighted by Crippen LogP contribution is 2.28. The van der Waals surface area contributed by atoms with Crippen molar-refractivity contribution in [3.63, 3.8) is 0 Å². The summed E-state index contributed by atoms with van der Waals surface area (Å²) in [6, 6.07) is 5.57. The molecule has 1 aromatic carbocycles. The van der Waals surface area contributed by atoms with Crippen molar-refractivity contribution in [2.75, 3.05) is 0 Å². The monoisotopic (exact) mass is 251 g/mol. The number of nitrogens with one attached hydrogen (secondary N) is 1. The number of halogens is 1. The molecule has 0 saturated carbocycles. The number of carbonyl (C=O) groups is 1. The van der Waals surface area contributed by atoms with Crippen molar-refractivity contribution in [2.24, 2.45) is 5.41 Å². The van der Waals surface area contributed by atoms with E-state index in [2.05, 4.69) is 4.98 Å². The molecule has 0 radical (unpaired) electrons. The maximum absolute atomic E-state index is 11.1. The van der Waals surface area contributed by atoms with E-state index in [4.69, 9.17) is 16.7 Å². The fourth-order valence-corrected chi connectivity index (χ4v) is 2.03. The molecule has 0 aliphatic rings. The Labute approximate surface area is 104 Å². The van der Waals surface area contributed by atoms with Crippen molar-refractivity contribution >= 4 is 28.5 Å². The topological polar surface area (TPSA) is 53.1 Å². The Balaban J connectivity index is 2.41. The predicted molar refractivity (Wildman–Crippen MR) is 68.4 cm³/mol. The quantitative estimate of drug-likeness (QED) is 0.878. The number of carboxylic acid groups (broad SMARTS) is 1.